The minimum Gasteiger partial charge on any atom is -0.466 e. The number of hydrogen-bond acceptors (Lipinski definition) is 5. The van der Waals surface area contributed by atoms with E-state index in [0.717, 1.165) is 16.5 Å². The van der Waals surface area contributed by atoms with Gasteiger partial charge in [0.15, 0.2) is 11.4 Å². The molecule has 0 fully saturated rings. The minimum absolute atomic E-state index is 0.0396. The molecule has 0 aliphatic heterocycles. The zero-order valence-corrected chi connectivity index (χ0v) is 21.8. The van der Waals surface area contributed by atoms with Gasteiger partial charge in [0.25, 0.3) is 5.91 Å². The van der Waals surface area contributed by atoms with Crippen LogP contribution in [-0.4, -0.2) is 28.7 Å². The maximum Gasteiger partial charge on any atom is 0.330 e. The molecular weight excluding hydrogens is 506 g/mol. The maximum atomic E-state index is 15.2. The summed E-state index contributed by atoms with van der Waals surface area (Å²) in [5.74, 6) is -1.25. The van der Waals surface area contributed by atoms with Gasteiger partial charge in [-0.1, -0.05) is 40.5 Å². The van der Waals surface area contributed by atoms with Crippen LogP contribution < -0.4 is 0 Å². The van der Waals surface area contributed by atoms with E-state index in [1.165, 1.54) is 37.7 Å². The standard InChI is InChI=1S/C27H23Cl2FN2O4/c1-14-11-17(28)12-18(29)22(14)24-23(25(36-31-24)27(3,4)30)26(34)32-13-15(2)21-16(7-6-8-19(21)32)9-10-20(33)35-5/h6-13H,1-5H3/b10-9+. The van der Waals surface area contributed by atoms with E-state index < -0.39 is 17.5 Å². The Morgan fingerprint density at radius 3 is 2.53 bits per heavy atom. The van der Waals surface area contributed by atoms with Crippen molar-refractivity contribution >= 4 is 52.1 Å². The number of methoxy groups -OCH3 is 1. The Kier molecular flexibility index (Phi) is 6.82. The van der Waals surface area contributed by atoms with Crippen LogP contribution in [0, 0.1) is 13.8 Å². The van der Waals surface area contributed by atoms with Crippen molar-refractivity contribution in [1.29, 1.82) is 0 Å². The van der Waals surface area contributed by atoms with E-state index >= 15 is 4.39 Å². The van der Waals surface area contributed by atoms with Gasteiger partial charge in [-0.2, -0.15) is 0 Å². The molecule has 0 atom stereocenters. The van der Waals surface area contributed by atoms with E-state index in [4.69, 9.17) is 27.7 Å². The number of aryl methyl sites for hydroxylation is 2. The van der Waals surface area contributed by atoms with Crippen molar-refractivity contribution in [2.45, 2.75) is 33.4 Å². The Labute approximate surface area is 217 Å². The van der Waals surface area contributed by atoms with Gasteiger partial charge in [-0.3, -0.25) is 9.36 Å². The second-order valence-corrected chi connectivity index (χ2v) is 9.72. The number of alkyl halides is 1. The van der Waals surface area contributed by atoms with Gasteiger partial charge in [0, 0.05) is 28.2 Å². The fourth-order valence-corrected chi connectivity index (χ4v) is 4.92. The minimum atomic E-state index is -2.00. The third-order valence-corrected chi connectivity index (χ3v) is 6.32. The van der Waals surface area contributed by atoms with Crippen molar-refractivity contribution in [3.63, 3.8) is 0 Å². The maximum absolute atomic E-state index is 15.2. The largest absolute Gasteiger partial charge is 0.466 e. The quantitative estimate of drug-likeness (QED) is 0.200. The number of aromatic nitrogens is 2. The summed E-state index contributed by atoms with van der Waals surface area (Å²) in [6.45, 7) is 6.19. The van der Waals surface area contributed by atoms with Crippen molar-refractivity contribution in [1.82, 2.24) is 9.72 Å². The van der Waals surface area contributed by atoms with Gasteiger partial charge in [0.1, 0.15) is 11.3 Å². The molecule has 0 bridgehead atoms. The predicted molar refractivity (Wildman–Crippen MR) is 138 cm³/mol. The molecule has 2 aromatic carbocycles. The van der Waals surface area contributed by atoms with E-state index in [9.17, 15) is 9.59 Å². The lowest BCUT2D eigenvalue weighted by atomic mass is 9.96. The number of fused-ring (bicyclic) bond motifs is 1. The zero-order valence-electron chi connectivity index (χ0n) is 20.3. The van der Waals surface area contributed by atoms with E-state index in [-0.39, 0.29) is 22.0 Å². The molecule has 186 valence electrons. The second kappa shape index (κ2) is 9.56. The molecular formula is C27H23Cl2FN2O4. The van der Waals surface area contributed by atoms with Crippen LogP contribution in [0.4, 0.5) is 4.39 Å². The fourth-order valence-electron chi connectivity index (χ4n) is 4.24. The number of halogens is 3. The van der Waals surface area contributed by atoms with Gasteiger partial charge in [0.05, 0.1) is 17.6 Å². The van der Waals surface area contributed by atoms with Crippen molar-refractivity contribution in [2.75, 3.05) is 7.11 Å². The molecule has 0 radical (unpaired) electrons. The van der Waals surface area contributed by atoms with Crippen LogP contribution in [0.1, 0.15) is 46.7 Å². The summed E-state index contributed by atoms with van der Waals surface area (Å²) in [4.78, 5) is 25.7. The summed E-state index contributed by atoms with van der Waals surface area (Å²) < 4.78 is 26.7. The van der Waals surface area contributed by atoms with Crippen LogP contribution in [0.5, 0.6) is 0 Å². The molecule has 0 amide bonds. The SMILES string of the molecule is COC(=O)/C=C/c1cccc2c1c(C)cn2C(=O)c1c(-c2c(C)cc(Cl)cc2Cl)noc1C(C)(C)F. The number of benzene rings is 2. The van der Waals surface area contributed by atoms with Crippen LogP contribution in [0.25, 0.3) is 28.2 Å². The molecule has 0 aliphatic rings. The van der Waals surface area contributed by atoms with Crippen LogP contribution >= 0.6 is 23.2 Å². The molecule has 6 nitrogen and oxygen atoms in total. The van der Waals surface area contributed by atoms with E-state index in [1.54, 1.807) is 37.4 Å². The molecule has 2 aromatic heterocycles. The van der Waals surface area contributed by atoms with E-state index in [1.807, 2.05) is 13.0 Å². The Balaban J connectivity index is 1.96. The fraction of sp³-hybridized carbons (Fsp3) is 0.222. The Morgan fingerprint density at radius 1 is 1.17 bits per heavy atom. The zero-order chi connectivity index (χ0) is 26.4. The molecule has 2 heterocycles. The molecule has 0 aliphatic carbocycles. The number of hydrogen-bond donors (Lipinski definition) is 0. The molecule has 0 saturated carbocycles. The summed E-state index contributed by atoms with van der Waals surface area (Å²) >= 11 is 12.6. The van der Waals surface area contributed by atoms with Gasteiger partial charge >= 0.3 is 5.97 Å². The van der Waals surface area contributed by atoms with Gasteiger partial charge < -0.3 is 9.26 Å². The molecule has 9 heteroatoms. The first-order chi connectivity index (χ1) is 16.9. The summed E-state index contributed by atoms with van der Waals surface area (Å²) in [6, 6.07) is 8.56. The average molecular weight is 529 g/mol. The molecule has 0 unspecified atom stereocenters. The molecule has 0 N–H and O–H groups in total. The lowest BCUT2D eigenvalue weighted by Gasteiger charge is -2.14. The third kappa shape index (κ3) is 4.56. The first kappa shape index (κ1) is 25.7. The number of rotatable bonds is 5. The van der Waals surface area contributed by atoms with Crippen LogP contribution in [0.15, 0.2) is 47.1 Å². The Morgan fingerprint density at radius 2 is 1.89 bits per heavy atom. The normalized spacial score (nSPS) is 12.0. The molecule has 4 aromatic rings. The highest BCUT2D eigenvalue weighted by Crippen LogP contribution is 2.40. The molecule has 36 heavy (non-hydrogen) atoms. The first-order valence-electron chi connectivity index (χ1n) is 11.0. The van der Waals surface area contributed by atoms with Crippen LogP contribution in [0.3, 0.4) is 0 Å². The van der Waals surface area contributed by atoms with Crippen molar-refractivity contribution < 1.29 is 23.2 Å². The van der Waals surface area contributed by atoms with Crippen LogP contribution in [-0.2, 0) is 15.2 Å². The molecule has 0 spiro atoms. The van der Waals surface area contributed by atoms with E-state index in [0.29, 0.717) is 21.7 Å². The summed E-state index contributed by atoms with van der Waals surface area (Å²) in [7, 11) is 1.29. The Hall–Kier alpha value is -3.42. The highest BCUT2D eigenvalue weighted by atomic mass is 35.5. The number of esters is 1. The van der Waals surface area contributed by atoms with Gasteiger partial charge in [-0.15, -0.1) is 0 Å². The number of nitrogens with zero attached hydrogens (tertiary/aromatic N) is 2. The van der Waals surface area contributed by atoms with Crippen LogP contribution in [0.2, 0.25) is 10.0 Å². The average Bonchev–Trinajstić information content (AvgIpc) is 3.38. The number of carbonyl (C=O) groups is 2. The Bertz CT molecular complexity index is 1520. The van der Waals surface area contributed by atoms with E-state index in [2.05, 4.69) is 9.89 Å². The van der Waals surface area contributed by atoms with Crippen molar-refractivity contribution in [3.05, 3.63) is 80.7 Å². The summed E-state index contributed by atoms with van der Waals surface area (Å²) in [5.41, 5.74) is 1.23. The molecule has 4 rings (SSSR count). The highest BCUT2D eigenvalue weighted by Gasteiger charge is 2.36. The molecule has 0 saturated heterocycles. The van der Waals surface area contributed by atoms with Crippen molar-refractivity contribution in [3.8, 4) is 11.3 Å². The van der Waals surface area contributed by atoms with Gasteiger partial charge in [-0.05, 0) is 68.7 Å². The van der Waals surface area contributed by atoms with Gasteiger partial charge in [-0.25, -0.2) is 9.18 Å². The van der Waals surface area contributed by atoms with Crippen molar-refractivity contribution in [2.24, 2.45) is 0 Å². The lowest BCUT2D eigenvalue weighted by molar-refractivity contribution is -0.134. The first-order valence-corrected chi connectivity index (χ1v) is 11.8. The highest BCUT2D eigenvalue weighted by molar-refractivity contribution is 6.36. The summed E-state index contributed by atoms with van der Waals surface area (Å²) in [6.07, 6.45) is 4.58. The van der Waals surface area contributed by atoms with Gasteiger partial charge in [0.2, 0.25) is 0 Å². The third-order valence-electron chi connectivity index (χ3n) is 5.81. The lowest BCUT2D eigenvalue weighted by Crippen LogP contribution is -2.18. The monoisotopic (exact) mass is 528 g/mol. The predicted octanol–water partition coefficient (Wildman–Crippen LogP) is 7.30. The topological polar surface area (TPSA) is 74.3 Å². The number of ether oxygens (including phenoxy) is 1. The smallest absolute Gasteiger partial charge is 0.330 e. The summed E-state index contributed by atoms with van der Waals surface area (Å²) in [5, 5.41) is 5.51. The second-order valence-electron chi connectivity index (χ2n) is 8.87. The number of carbonyl (C=O) groups excluding carboxylic acids is 2.